The van der Waals surface area contributed by atoms with E-state index in [9.17, 15) is 4.79 Å². The molecule has 3 aromatic rings. The zero-order valence-corrected chi connectivity index (χ0v) is 23.3. The highest BCUT2D eigenvalue weighted by atomic mass is 35.5. The van der Waals surface area contributed by atoms with E-state index < -0.39 is 0 Å². The summed E-state index contributed by atoms with van der Waals surface area (Å²) in [4.78, 5) is 25.8. The maximum Gasteiger partial charge on any atom is 0.242 e. The van der Waals surface area contributed by atoms with Crippen LogP contribution in [0.3, 0.4) is 0 Å². The third-order valence-corrected chi connectivity index (χ3v) is 7.77. The average Bonchev–Trinajstić information content (AvgIpc) is 3.48. The van der Waals surface area contributed by atoms with E-state index in [1.54, 1.807) is 26.6 Å². The first-order valence-electron chi connectivity index (χ1n) is 13.1. The van der Waals surface area contributed by atoms with E-state index >= 15 is 0 Å². The molecular formula is C28H29ClN8O3. The number of pyridine rings is 1. The highest BCUT2D eigenvalue weighted by molar-refractivity contribution is 6.36. The van der Waals surface area contributed by atoms with Crippen molar-refractivity contribution in [3.8, 4) is 0 Å². The molecule has 3 aliphatic rings. The molecule has 12 heteroatoms. The number of piperazine rings is 1. The molecule has 1 N–H and O–H groups in total. The van der Waals surface area contributed by atoms with Gasteiger partial charge in [0.1, 0.15) is 23.3 Å². The minimum atomic E-state index is 0.156. The largest absolute Gasteiger partial charge is 0.501 e. The molecule has 2 aromatic heterocycles. The monoisotopic (exact) mass is 560 g/mol. The fourth-order valence-corrected chi connectivity index (χ4v) is 5.46. The number of carbonyl (C=O) groups is 1. The van der Waals surface area contributed by atoms with Crippen LogP contribution in [0.25, 0.3) is 11.2 Å². The lowest BCUT2D eigenvalue weighted by molar-refractivity contribution is -0.130. The van der Waals surface area contributed by atoms with Crippen molar-refractivity contribution in [2.45, 2.75) is 19.9 Å². The minimum Gasteiger partial charge on any atom is -0.501 e. The first kappa shape index (κ1) is 25.9. The molecule has 206 valence electrons. The Morgan fingerprint density at radius 2 is 1.95 bits per heavy atom. The van der Waals surface area contributed by atoms with Crippen LogP contribution in [0.5, 0.6) is 0 Å². The van der Waals surface area contributed by atoms with Crippen molar-refractivity contribution < 1.29 is 14.3 Å². The van der Waals surface area contributed by atoms with Gasteiger partial charge in [-0.25, -0.2) is 4.99 Å². The lowest BCUT2D eigenvalue weighted by Gasteiger charge is -2.35. The number of methoxy groups -OCH3 is 2. The van der Waals surface area contributed by atoms with Crippen molar-refractivity contribution in [2.75, 3.05) is 50.6 Å². The summed E-state index contributed by atoms with van der Waals surface area (Å²) in [5.41, 5.74) is 4.96. The van der Waals surface area contributed by atoms with Crippen molar-refractivity contribution in [1.82, 2.24) is 19.5 Å². The summed E-state index contributed by atoms with van der Waals surface area (Å²) >= 11 is 6.73. The average molecular weight is 561 g/mol. The van der Waals surface area contributed by atoms with Gasteiger partial charge in [0.05, 0.1) is 32.3 Å². The van der Waals surface area contributed by atoms with E-state index in [2.05, 4.69) is 25.4 Å². The molecule has 0 bridgehead atoms. The molecule has 0 spiro atoms. The Balaban J connectivity index is 1.29. The molecule has 0 atom stereocenters. The Morgan fingerprint density at radius 3 is 2.67 bits per heavy atom. The number of ether oxygens (including phenoxy) is 2. The number of rotatable bonds is 5. The van der Waals surface area contributed by atoms with Crippen molar-refractivity contribution in [3.63, 3.8) is 0 Å². The van der Waals surface area contributed by atoms with Crippen LogP contribution in [-0.2, 0) is 20.8 Å². The molecule has 1 fully saturated rings. The molecule has 1 amide bonds. The Bertz CT molecular complexity index is 1710. The van der Waals surface area contributed by atoms with Gasteiger partial charge in [-0.05, 0) is 42.8 Å². The molecule has 0 radical (unpaired) electrons. The third-order valence-electron chi connectivity index (χ3n) is 7.35. The Morgan fingerprint density at radius 1 is 1.12 bits per heavy atom. The normalized spacial score (nSPS) is 18.8. The van der Waals surface area contributed by atoms with Gasteiger partial charge in [0.15, 0.2) is 5.65 Å². The van der Waals surface area contributed by atoms with Crippen molar-refractivity contribution >= 4 is 46.1 Å². The minimum absolute atomic E-state index is 0.156. The summed E-state index contributed by atoms with van der Waals surface area (Å²) in [5, 5.41) is 13.2. The van der Waals surface area contributed by atoms with Gasteiger partial charge in [-0.1, -0.05) is 11.6 Å². The number of hydrogen-bond acceptors (Lipinski definition) is 9. The van der Waals surface area contributed by atoms with Gasteiger partial charge < -0.3 is 24.6 Å². The molecule has 4 heterocycles. The summed E-state index contributed by atoms with van der Waals surface area (Å²) in [6.45, 7) is 5.13. The van der Waals surface area contributed by atoms with Gasteiger partial charge in [-0.2, -0.15) is 4.99 Å². The van der Waals surface area contributed by atoms with Gasteiger partial charge in [-0.15, -0.1) is 10.2 Å². The number of hydrogen-bond donors (Lipinski definition) is 1. The first-order valence-corrected chi connectivity index (χ1v) is 13.4. The number of fused-ring (bicyclic) bond motifs is 3. The molecule has 6 rings (SSSR count). The number of likely N-dealkylation sites (N-methyl/N-ethyl adjacent to an activating group) is 1. The standard InChI is InChI=1S/C28H29ClN8O3/c1-4-35-9-10-36(15-24(35)38)19-7-5-18(6-8-19)32-28-30-14-17-11-22(27-34-31-16-37(27)26(17)33-28)21-12-20(39-2)13-23(40-3)25(21)29/h5-8,11,13,16H,4,9-10,12,14-15H2,1-3H3,(H,30,32). The topological polar surface area (TPSA) is 109 Å². The van der Waals surface area contributed by atoms with E-state index in [1.807, 2.05) is 46.6 Å². The van der Waals surface area contributed by atoms with Crippen LogP contribution in [0.1, 0.15) is 18.9 Å². The summed E-state index contributed by atoms with van der Waals surface area (Å²) in [6, 6.07) is 9.97. The van der Waals surface area contributed by atoms with Crippen molar-refractivity contribution in [1.29, 1.82) is 0 Å². The molecule has 1 aromatic carbocycles. The number of allylic oxidation sites excluding steroid dienone is 3. The SMILES string of the molecule is CCN1CCN(c2ccc(NC3=NCc4cc(=C5CC(OC)=CC(OC)=C5Cl)c5nncn5c4=N3)cc2)CC1=O. The molecule has 2 aliphatic heterocycles. The number of aromatic nitrogens is 3. The summed E-state index contributed by atoms with van der Waals surface area (Å²) in [7, 11) is 3.20. The van der Waals surface area contributed by atoms with E-state index in [0.717, 1.165) is 53.1 Å². The quantitative estimate of drug-likeness (QED) is 0.509. The second-order valence-electron chi connectivity index (χ2n) is 9.60. The van der Waals surface area contributed by atoms with Crippen LogP contribution >= 0.6 is 11.6 Å². The fourth-order valence-electron chi connectivity index (χ4n) is 5.16. The van der Waals surface area contributed by atoms with Crippen molar-refractivity contribution in [2.24, 2.45) is 9.98 Å². The van der Waals surface area contributed by atoms with Crippen LogP contribution in [0, 0.1) is 0 Å². The maximum absolute atomic E-state index is 12.3. The molecular weight excluding hydrogens is 532 g/mol. The number of halogens is 1. The van der Waals surface area contributed by atoms with E-state index in [-0.39, 0.29) is 5.91 Å². The maximum atomic E-state index is 12.3. The highest BCUT2D eigenvalue weighted by Gasteiger charge is 2.24. The third kappa shape index (κ3) is 4.66. The number of nitrogens with one attached hydrogen (secondary N) is 1. The molecule has 11 nitrogen and oxygen atoms in total. The number of guanidine groups is 1. The molecule has 0 unspecified atom stereocenters. The van der Waals surface area contributed by atoms with Gasteiger partial charge in [0.25, 0.3) is 0 Å². The first-order chi connectivity index (χ1) is 19.5. The second-order valence-corrected chi connectivity index (χ2v) is 9.98. The number of anilines is 2. The zero-order valence-electron chi connectivity index (χ0n) is 22.5. The fraction of sp³-hybridized carbons (Fsp3) is 0.321. The number of carbonyl (C=O) groups excluding carboxylic acids is 1. The number of amides is 1. The lowest BCUT2D eigenvalue weighted by Crippen LogP contribution is -2.50. The Kier molecular flexibility index (Phi) is 6.89. The van der Waals surface area contributed by atoms with Crippen molar-refractivity contribution in [3.05, 3.63) is 75.6 Å². The summed E-state index contributed by atoms with van der Waals surface area (Å²) in [6.07, 6.45) is 3.93. The second kappa shape index (κ2) is 10.6. The van der Waals surface area contributed by atoms with Crippen LogP contribution < -0.4 is 20.9 Å². The summed E-state index contributed by atoms with van der Waals surface area (Å²) in [5.74, 6) is 1.92. The van der Waals surface area contributed by atoms with Crippen LogP contribution in [0.2, 0.25) is 0 Å². The van der Waals surface area contributed by atoms with Crippen LogP contribution in [-0.4, -0.2) is 71.8 Å². The van der Waals surface area contributed by atoms with Crippen LogP contribution in [0.4, 0.5) is 11.4 Å². The predicted octanol–water partition coefficient (Wildman–Crippen LogP) is 2.18. The van der Waals surface area contributed by atoms with E-state index in [0.29, 0.717) is 47.4 Å². The predicted molar refractivity (Wildman–Crippen MR) is 152 cm³/mol. The van der Waals surface area contributed by atoms with Crippen LogP contribution in [0.15, 0.2) is 69.3 Å². The summed E-state index contributed by atoms with van der Waals surface area (Å²) < 4.78 is 12.8. The molecule has 40 heavy (non-hydrogen) atoms. The molecule has 1 saturated heterocycles. The number of benzene rings is 1. The smallest absolute Gasteiger partial charge is 0.242 e. The zero-order chi connectivity index (χ0) is 27.8. The van der Waals surface area contributed by atoms with Gasteiger partial charge in [0, 0.05) is 54.3 Å². The Labute approximate surface area is 235 Å². The van der Waals surface area contributed by atoms with E-state index in [4.69, 9.17) is 26.1 Å². The van der Waals surface area contributed by atoms with Gasteiger partial charge >= 0.3 is 0 Å². The van der Waals surface area contributed by atoms with Gasteiger partial charge in [-0.3, -0.25) is 9.20 Å². The van der Waals surface area contributed by atoms with Gasteiger partial charge in [0.2, 0.25) is 11.9 Å². The number of nitrogens with zero attached hydrogens (tertiary/aromatic N) is 7. The van der Waals surface area contributed by atoms with E-state index in [1.165, 1.54) is 0 Å². The molecule has 0 saturated carbocycles. The highest BCUT2D eigenvalue weighted by Crippen LogP contribution is 2.33. The lowest BCUT2D eigenvalue weighted by atomic mass is 10.0. The Hall–Kier alpha value is -4.38. The number of aliphatic imine (C=N–C) groups is 1. The molecule has 1 aliphatic carbocycles.